The molecule has 0 fully saturated rings. The molecule has 1 aliphatic carbocycles. The third-order valence-corrected chi connectivity index (χ3v) is 6.20. The number of nitrogens with one attached hydrogen (secondary N) is 1. The third-order valence-electron chi connectivity index (χ3n) is 6.20. The predicted molar refractivity (Wildman–Crippen MR) is 128 cm³/mol. The minimum absolute atomic E-state index is 0.0565. The first-order valence-electron chi connectivity index (χ1n) is 11.0. The van der Waals surface area contributed by atoms with E-state index in [9.17, 15) is 15.0 Å². The number of hydrogen-bond donors (Lipinski definition) is 4. The maximum atomic E-state index is 12.3. The molecular weight excluding hydrogens is 432 g/mol. The number of nitrogen functional groups attached to an aromatic ring is 1. The Balaban J connectivity index is 1.20. The Hall–Kier alpha value is -4.01. The predicted octanol–water partition coefficient (Wildman–Crippen LogP) is 3.15. The number of fused-ring (bicyclic) bond motifs is 4. The number of anilines is 1. The summed E-state index contributed by atoms with van der Waals surface area (Å²) >= 11 is 0. The molecular formula is C26H24N4O4. The largest absolute Gasteiger partial charge is 0.449 e. The lowest BCUT2D eigenvalue weighted by molar-refractivity contribution is 0.0186. The molecule has 8 nitrogen and oxygen atoms in total. The average molecular weight is 457 g/mol. The van der Waals surface area contributed by atoms with Gasteiger partial charge < -0.3 is 26.0 Å². The molecule has 34 heavy (non-hydrogen) atoms. The first-order valence-corrected chi connectivity index (χ1v) is 11.0. The molecule has 1 aromatic heterocycles. The lowest BCUT2D eigenvalue weighted by atomic mass is 9.98. The first kappa shape index (κ1) is 21.8. The maximum absolute atomic E-state index is 12.3. The van der Waals surface area contributed by atoms with E-state index in [1.165, 1.54) is 6.33 Å². The Morgan fingerprint density at radius 2 is 1.68 bits per heavy atom. The van der Waals surface area contributed by atoms with Gasteiger partial charge in [-0.3, -0.25) is 0 Å². The number of aliphatic hydroxyl groups is 2. The van der Waals surface area contributed by atoms with Crippen molar-refractivity contribution in [3.05, 3.63) is 89.7 Å². The Labute approximate surface area is 196 Å². The van der Waals surface area contributed by atoms with Gasteiger partial charge in [-0.15, -0.1) is 0 Å². The number of rotatable bonds is 6. The molecule has 0 aliphatic heterocycles. The van der Waals surface area contributed by atoms with E-state index in [2.05, 4.69) is 27.4 Å². The van der Waals surface area contributed by atoms with Gasteiger partial charge in [-0.2, -0.15) is 0 Å². The van der Waals surface area contributed by atoms with Crippen molar-refractivity contribution in [2.75, 3.05) is 18.9 Å². The highest BCUT2D eigenvalue weighted by molar-refractivity contribution is 5.88. The molecule has 0 saturated carbocycles. The Bertz CT molecular complexity index is 1310. The van der Waals surface area contributed by atoms with Crippen molar-refractivity contribution in [2.45, 2.75) is 18.1 Å². The van der Waals surface area contributed by atoms with E-state index in [1.807, 2.05) is 36.4 Å². The number of amides is 1. The van der Waals surface area contributed by atoms with Gasteiger partial charge in [0.2, 0.25) is 0 Å². The van der Waals surface area contributed by atoms with E-state index in [-0.39, 0.29) is 24.9 Å². The van der Waals surface area contributed by atoms with E-state index >= 15 is 0 Å². The quantitative estimate of drug-likeness (QED) is 0.351. The fraction of sp³-hybridized carbons (Fsp3) is 0.192. The fourth-order valence-electron chi connectivity index (χ4n) is 4.45. The summed E-state index contributed by atoms with van der Waals surface area (Å²) in [7, 11) is 0. The van der Waals surface area contributed by atoms with Crippen LogP contribution in [0.4, 0.5) is 10.6 Å². The number of carbonyl (C=O) groups excluding carboxylic acids is 1. The number of nitrogens with two attached hydrogens (primary N) is 1. The van der Waals surface area contributed by atoms with Crippen LogP contribution in [0.25, 0.3) is 22.0 Å². The zero-order valence-electron chi connectivity index (χ0n) is 18.3. The van der Waals surface area contributed by atoms with Crippen LogP contribution in [0.1, 0.15) is 28.7 Å². The maximum Gasteiger partial charge on any atom is 0.407 e. The SMILES string of the molecule is Nc1ncnc2ccc(C(O)C(O)CNC(=O)OCC3c4ccccc4-c4ccccc43)cc12. The number of benzene rings is 3. The van der Waals surface area contributed by atoms with Crippen LogP contribution < -0.4 is 11.1 Å². The number of aromatic nitrogens is 2. The van der Waals surface area contributed by atoms with Crippen molar-refractivity contribution in [3.8, 4) is 11.1 Å². The first-order chi connectivity index (χ1) is 16.5. The van der Waals surface area contributed by atoms with Crippen molar-refractivity contribution < 1.29 is 19.7 Å². The van der Waals surface area contributed by atoms with Gasteiger partial charge >= 0.3 is 6.09 Å². The molecule has 2 atom stereocenters. The second-order valence-electron chi connectivity index (χ2n) is 8.25. The molecule has 3 aromatic carbocycles. The summed E-state index contributed by atoms with van der Waals surface area (Å²) in [6, 6.07) is 21.1. The summed E-state index contributed by atoms with van der Waals surface area (Å²) in [5, 5.41) is 24.1. The summed E-state index contributed by atoms with van der Waals surface area (Å²) in [4.78, 5) is 20.4. The molecule has 0 saturated heterocycles. The van der Waals surface area contributed by atoms with Crippen LogP contribution in [-0.2, 0) is 4.74 Å². The molecule has 1 amide bonds. The molecule has 1 aliphatic rings. The van der Waals surface area contributed by atoms with Gasteiger partial charge in [-0.05, 0) is 39.9 Å². The van der Waals surface area contributed by atoms with Crippen LogP contribution in [0.3, 0.4) is 0 Å². The van der Waals surface area contributed by atoms with Gasteiger partial charge in [-0.1, -0.05) is 54.6 Å². The Morgan fingerprint density at radius 1 is 1.00 bits per heavy atom. The lowest BCUT2D eigenvalue weighted by Gasteiger charge is -2.20. The smallest absolute Gasteiger partial charge is 0.407 e. The minimum atomic E-state index is -1.25. The van der Waals surface area contributed by atoms with E-state index < -0.39 is 18.3 Å². The van der Waals surface area contributed by atoms with Crippen molar-refractivity contribution in [1.82, 2.24) is 15.3 Å². The molecule has 5 N–H and O–H groups in total. The molecule has 2 unspecified atom stereocenters. The zero-order chi connectivity index (χ0) is 23.7. The van der Waals surface area contributed by atoms with Gasteiger partial charge in [0.15, 0.2) is 0 Å². The number of ether oxygens (including phenoxy) is 1. The van der Waals surface area contributed by atoms with Gasteiger partial charge in [0, 0.05) is 17.8 Å². The summed E-state index contributed by atoms with van der Waals surface area (Å²) in [6.45, 7) is -0.0148. The fourth-order valence-corrected chi connectivity index (χ4v) is 4.45. The number of hydrogen-bond acceptors (Lipinski definition) is 7. The van der Waals surface area contributed by atoms with E-state index in [0.29, 0.717) is 16.5 Å². The van der Waals surface area contributed by atoms with E-state index in [0.717, 1.165) is 22.3 Å². The van der Waals surface area contributed by atoms with Crippen LogP contribution in [0.5, 0.6) is 0 Å². The van der Waals surface area contributed by atoms with Crippen molar-refractivity contribution in [2.24, 2.45) is 0 Å². The molecule has 4 aromatic rings. The van der Waals surface area contributed by atoms with Gasteiger partial charge in [0.25, 0.3) is 0 Å². The van der Waals surface area contributed by atoms with Crippen LogP contribution >= 0.6 is 0 Å². The van der Waals surface area contributed by atoms with Gasteiger partial charge in [0.05, 0.1) is 5.52 Å². The van der Waals surface area contributed by atoms with Crippen LogP contribution in [0.2, 0.25) is 0 Å². The van der Waals surface area contributed by atoms with Crippen molar-refractivity contribution in [1.29, 1.82) is 0 Å². The molecule has 0 bridgehead atoms. The monoisotopic (exact) mass is 456 g/mol. The highest BCUT2D eigenvalue weighted by Crippen LogP contribution is 2.44. The van der Waals surface area contributed by atoms with Gasteiger partial charge in [0.1, 0.15) is 31.0 Å². The lowest BCUT2D eigenvalue weighted by Crippen LogP contribution is -2.36. The average Bonchev–Trinajstić information content (AvgIpc) is 3.19. The highest BCUT2D eigenvalue weighted by atomic mass is 16.5. The van der Waals surface area contributed by atoms with Crippen molar-refractivity contribution in [3.63, 3.8) is 0 Å². The third kappa shape index (κ3) is 4.05. The normalized spacial score (nSPS) is 14.3. The molecule has 1 heterocycles. The molecule has 5 rings (SSSR count). The van der Waals surface area contributed by atoms with Crippen LogP contribution in [0, 0.1) is 0 Å². The number of aliphatic hydroxyl groups excluding tert-OH is 2. The summed E-state index contributed by atoms with van der Waals surface area (Å²) in [6.07, 6.45) is -1.79. The van der Waals surface area contributed by atoms with Crippen LogP contribution in [0.15, 0.2) is 73.1 Å². The summed E-state index contributed by atoms with van der Waals surface area (Å²) in [5.41, 5.74) is 11.5. The Morgan fingerprint density at radius 3 is 2.38 bits per heavy atom. The van der Waals surface area contributed by atoms with E-state index in [1.54, 1.807) is 18.2 Å². The topological polar surface area (TPSA) is 131 Å². The van der Waals surface area contributed by atoms with E-state index in [4.69, 9.17) is 10.5 Å². The molecule has 0 radical (unpaired) electrons. The minimum Gasteiger partial charge on any atom is -0.449 e. The van der Waals surface area contributed by atoms with Crippen LogP contribution in [-0.4, -0.2) is 45.5 Å². The molecule has 172 valence electrons. The number of carbonyl (C=O) groups is 1. The standard InChI is InChI=1S/C26H24N4O4/c27-25-20-11-15(9-10-22(20)29-14-30-25)24(32)23(31)12-28-26(33)34-13-21-18-7-3-1-5-16(18)17-6-2-4-8-19(17)21/h1-11,14,21,23-24,31-32H,12-13H2,(H,28,33)(H2,27,29,30). The number of alkyl carbamates (subject to hydrolysis) is 1. The molecule has 8 heteroatoms. The second-order valence-corrected chi connectivity index (χ2v) is 8.25. The van der Waals surface area contributed by atoms with Crippen molar-refractivity contribution >= 4 is 22.8 Å². The molecule has 0 spiro atoms. The van der Waals surface area contributed by atoms with Gasteiger partial charge in [-0.25, -0.2) is 14.8 Å². The highest BCUT2D eigenvalue weighted by Gasteiger charge is 2.29. The Kier molecular flexibility index (Phi) is 5.83. The second kappa shape index (κ2) is 9.09. The summed E-state index contributed by atoms with van der Waals surface area (Å²) in [5.74, 6) is 0.226. The zero-order valence-corrected chi connectivity index (χ0v) is 18.3. The summed E-state index contributed by atoms with van der Waals surface area (Å²) < 4.78 is 5.47. The number of nitrogens with zero attached hydrogens (tertiary/aromatic N) is 2.